The standard InChI is InChI=1S/C5H7BF3O.K/c7-6(8,9)3-4-1-5(10)2-4;/h4H,1-3H2;/q-1;+1. The van der Waals surface area contributed by atoms with Crippen LogP contribution in [0, 0.1) is 5.92 Å². The third-order valence-corrected chi connectivity index (χ3v) is 1.63. The average Bonchev–Trinajstić information content (AvgIpc) is 1.57. The number of hydrogen-bond donors (Lipinski definition) is 0. The molecule has 0 aliphatic heterocycles. The Bertz CT molecular complexity index is 150. The predicted molar refractivity (Wildman–Crippen MR) is 31.6 cm³/mol. The number of rotatable bonds is 2. The van der Waals surface area contributed by atoms with Gasteiger partial charge < -0.3 is 12.9 Å². The van der Waals surface area contributed by atoms with Crippen molar-refractivity contribution in [2.45, 2.75) is 19.2 Å². The van der Waals surface area contributed by atoms with Crippen LogP contribution in [-0.4, -0.2) is 12.8 Å². The van der Waals surface area contributed by atoms with E-state index in [1.807, 2.05) is 0 Å². The summed E-state index contributed by atoms with van der Waals surface area (Å²) in [6.45, 7) is -4.67. The summed E-state index contributed by atoms with van der Waals surface area (Å²) in [6, 6.07) is 0. The van der Waals surface area contributed by atoms with Crippen LogP contribution in [0.1, 0.15) is 12.8 Å². The molecule has 1 fully saturated rings. The number of Topliss-reactive ketones (excluding diaryl/α,β-unsaturated/α-hetero) is 1. The summed E-state index contributed by atoms with van der Waals surface area (Å²) in [7, 11) is 0. The molecule has 1 aliphatic carbocycles. The summed E-state index contributed by atoms with van der Waals surface area (Å²) in [4.78, 5) is 10.2. The summed E-state index contributed by atoms with van der Waals surface area (Å²) in [5, 5.41) is 0. The maximum absolute atomic E-state index is 11.6. The third kappa shape index (κ3) is 4.67. The normalized spacial score (nSPS) is 19.0. The molecule has 0 saturated heterocycles. The van der Waals surface area contributed by atoms with Gasteiger partial charge in [-0.3, -0.25) is 4.79 Å². The minimum atomic E-state index is -4.67. The van der Waals surface area contributed by atoms with E-state index in [4.69, 9.17) is 0 Å². The summed E-state index contributed by atoms with van der Waals surface area (Å²) in [5.74, 6) is -0.433. The molecule has 0 aromatic heterocycles. The third-order valence-electron chi connectivity index (χ3n) is 1.63. The van der Waals surface area contributed by atoms with Gasteiger partial charge in [0, 0.05) is 12.8 Å². The first-order valence-corrected chi connectivity index (χ1v) is 3.20. The topological polar surface area (TPSA) is 17.1 Å². The van der Waals surface area contributed by atoms with Crippen LogP contribution >= 0.6 is 0 Å². The van der Waals surface area contributed by atoms with Crippen molar-refractivity contribution in [3.05, 3.63) is 0 Å². The van der Waals surface area contributed by atoms with E-state index in [1.165, 1.54) is 0 Å². The van der Waals surface area contributed by atoms with Crippen molar-refractivity contribution in [2.75, 3.05) is 0 Å². The molecule has 0 aromatic rings. The van der Waals surface area contributed by atoms with E-state index in [9.17, 15) is 17.7 Å². The van der Waals surface area contributed by atoms with Gasteiger partial charge in [0.05, 0.1) is 0 Å². The number of hydrogen-bond acceptors (Lipinski definition) is 1. The molecule has 6 heteroatoms. The Morgan fingerprint density at radius 3 is 2.09 bits per heavy atom. The van der Waals surface area contributed by atoms with Crippen LogP contribution < -0.4 is 51.4 Å². The summed E-state index contributed by atoms with van der Waals surface area (Å²) in [6.07, 6.45) is -0.450. The van der Waals surface area contributed by atoms with Crippen molar-refractivity contribution in [3.8, 4) is 0 Å². The van der Waals surface area contributed by atoms with E-state index in [-0.39, 0.29) is 70.0 Å². The largest absolute Gasteiger partial charge is 1.00 e. The van der Waals surface area contributed by atoms with E-state index < -0.39 is 19.2 Å². The van der Waals surface area contributed by atoms with Gasteiger partial charge in [0.1, 0.15) is 5.78 Å². The first kappa shape index (κ1) is 12.2. The Kier molecular flexibility index (Phi) is 4.88. The van der Waals surface area contributed by atoms with Gasteiger partial charge in [-0.05, 0) is 0 Å². The van der Waals surface area contributed by atoms with Crippen LogP contribution in [0.2, 0.25) is 6.32 Å². The van der Waals surface area contributed by atoms with Crippen molar-refractivity contribution in [1.82, 2.24) is 0 Å². The van der Waals surface area contributed by atoms with E-state index >= 15 is 0 Å². The first-order chi connectivity index (χ1) is 4.47. The molecule has 0 aromatic carbocycles. The molecule has 1 aliphatic rings. The minimum Gasteiger partial charge on any atom is -0.449 e. The zero-order valence-electron chi connectivity index (χ0n) is 6.32. The van der Waals surface area contributed by atoms with Gasteiger partial charge in [-0.2, -0.15) is 0 Å². The monoisotopic (exact) mass is 190 g/mol. The zero-order chi connectivity index (χ0) is 7.78. The Morgan fingerprint density at radius 2 is 1.82 bits per heavy atom. The molecule has 0 bridgehead atoms. The van der Waals surface area contributed by atoms with Crippen LogP contribution in [0.25, 0.3) is 0 Å². The Hall–Kier alpha value is 1.16. The zero-order valence-corrected chi connectivity index (χ0v) is 9.44. The number of halogens is 3. The van der Waals surface area contributed by atoms with Crippen molar-refractivity contribution in [3.63, 3.8) is 0 Å². The molecule has 1 rings (SSSR count). The van der Waals surface area contributed by atoms with Gasteiger partial charge in [0.25, 0.3) is 0 Å². The molecule has 1 nitrogen and oxygen atoms in total. The van der Waals surface area contributed by atoms with E-state index in [0.717, 1.165) is 0 Å². The van der Waals surface area contributed by atoms with Crippen molar-refractivity contribution in [2.24, 2.45) is 5.92 Å². The van der Waals surface area contributed by atoms with Gasteiger partial charge >= 0.3 is 58.4 Å². The molecule has 0 radical (unpaired) electrons. The number of carbonyl (C=O) groups excluding carboxylic acids is 1. The fourth-order valence-corrected chi connectivity index (χ4v) is 1.13. The Labute approximate surface area is 106 Å². The van der Waals surface area contributed by atoms with E-state index in [0.29, 0.717) is 0 Å². The van der Waals surface area contributed by atoms with Gasteiger partial charge in [-0.1, -0.05) is 12.2 Å². The van der Waals surface area contributed by atoms with Gasteiger partial charge in [0.15, 0.2) is 0 Å². The number of ketones is 1. The quantitative estimate of drug-likeness (QED) is 0.501. The number of carbonyl (C=O) groups is 1. The second kappa shape index (κ2) is 4.41. The van der Waals surface area contributed by atoms with Crippen LogP contribution in [0.4, 0.5) is 12.9 Å². The van der Waals surface area contributed by atoms with Crippen LogP contribution in [0.15, 0.2) is 0 Å². The maximum atomic E-state index is 11.6. The second-order valence-electron chi connectivity index (χ2n) is 2.76. The summed E-state index contributed by atoms with van der Waals surface area (Å²) >= 11 is 0. The van der Waals surface area contributed by atoms with Crippen LogP contribution in [0.5, 0.6) is 0 Å². The molecular formula is C5H7BF3KO. The average molecular weight is 190 g/mol. The fraction of sp³-hybridized carbons (Fsp3) is 0.800. The molecule has 0 unspecified atom stereocenters. The van der Waals surface area contributed by atoms with Gasteiger partial charge in [-0.15, -0.1) is 0 Å². The second-order valence-corrected chi connectivity index (χ2v) is 2.76. The molecule has 0 amide bonds. The molecular weight excluding hydrogens is 183 g/mol. The van der Waals surface area contributed by atoms with Gasteiger partial charge in [0.2, 0.25) is 0 Å². The van der Waals surface area contributed by atoms with Crippen molar-refractivity contribution < 1.29 is 69.1 Å². The SMILES string of the molecule is O=C1CC(C[B-](F)(F)F)C1.[K+]. The van der Waals surface area contributed by atoms with E-state index in [1.54, 1.807) is 0 Å². The van der Waals surface area contributed by atoms with Crippen LogP contribution in [-0.2, 0) is 4.79 Å². The van der Waals surface area contributed by atoms with Gasteiger partial charge in [-0.25, -0.2) is 0 Å². The summed E-state index contributed by atoms with van der Waals surface area (Å²) < 4.78 is 34.8. The molecule has 1 saturated carbocycles. The van der Waals surface area contributed by atoms with Crippen molar-refractivity contribution >= 4 is 12.8 Å². The Balaban J connectivity index is 0.000001000. The first-order valence-electron chi connectivity index (χ1n) is 3.20. The predicted octanol–water partition coefficient (Wildman–Crippen LogP) is -1.18. The maximum Gasteiger partial charge on any atom is 1.00 e. The molecule has 0 atom stereocenters. The molecule has 0 heterocycles. The Morgan fingerprint density at radius 1 is 1.36 bits per heavy atom. The molecule has 0 N–H and O–H groups in total. The minimum absolute atomic E-state index is 0. The molecule has 58 valence electrons. The fourth-order valence-electron chi connectivity index (χ4n) is 1.13. The van der Waals surface area contributed by atoms with E-state index in [2.05, 4.69) is 0 Å². The smallest absolute Gasteiger partial charge is 0.449 e. The molecule has 11 heavy (non-hydrogen) atoms. The van der Waals surface area contributed by atoms with Crippen LogP contribution in [0.3, 0.4) is 0 Å². The molecule has 0 spiro atoms. The van der Waals surface area contributed by atoms with Crippen molar-refractivity contribution in [1.29, 1.82) is 0 Å². The summed E-state index contributed by atoms with van der Waals surface area (Å²) in [5.41, 5.74) is 0.